The van der Waals surface area contributed by atoms with Gasteiger partial charge in [-0.15, -0.1) is 0 Å². The Hall–Kier alpha value is -3.05. The second kappa shape index (κ2) is 8.76. The van der Waals surface area contributed by atoms with Crippen molar-refractivity contribution < 1.29 is 22.7 Å². The van der Waals surface area contributed by atoms with Crippen LogP contribution in [0.4, 0.5) is 18.9 Å². The number of nitrogens with one attached hydrogen (secondary N) is 1. The Labute approximate surface area is 172 Å². The van der Waals surface area contributed by atoms with E-state index < -0.39 is 17.6 Å². The smallest absolute Gasteiger partial charge is 0.376 e. The second-order valence-corrected chi connectivity index (χ2v) is 7.27. The standard InChI is InChI=1S/C22H22F3N3O2/c1-14-10-16(15(2)28(14)13-20-4-3-9-30-20)11-17(12-26)21(29)27-19-7-5-18(6-8-19)22(23,24)25/h5-8,10-11,20H,3-4,9,13H2,1-2H3,(H,27,29)/b17-11+/t20-/m1/s1. The minimum absolute atomic E-state index is 0.132. The molecule has 0 spiro atoms. The van der Waals surface area contributed by atoms with Crippen LogP contribution in [0.2, 0.25) is 0 Å². The number of ether oxygens (including phenoxy) is 1. The fourth-order valence-electron chi connectivity index (χ4n) is 3.49. The second-order valence-electron chi connectivity index (χ2n) is 7.27. The van der Waals surface area contributed by atoms with Gasteiger partial charge in [0, 0.05) is 30.2 Å². The molecule has 5 nitrogen and oxygen atoms in total. The van der Waals surface area contributed by atoms with Crippen LogP contribution in [0.1, 0.15) is 35.4 Å². The number of rotatable bonds is 5. The van der Waals surface area contributed by atoms with Gasteiger partial charge < -0.3 is 14.6 Å². The molecule has 1 aliphatic heterocycles. The highest BCUT2D eigenvalue weighted by atomic mass is 19.4. The largest absolute Gasteiger partial charge is 0.416 e. The number of carbonyl (C=O) groups is 1. The minimum atomic E-state index is -4.45. The van der Waals surface area contributed by atoms with Crippen LogP contribution in [0.3, 0.4) is 0 Å². The van der Waals surface area contributed by atoms with Crippen molar-refractivity contribution >= 4 is 17.7 Å². The van der Waals surface area contributed by atoms with Gasteiger partial charge in [0.25, 0.3) is 5.91 Å². The van der Waals surface area contributed by atoms with Gasteiger partial charge in [0.2, 0.25) is 0 Å². The predicted molar refractivity (Wildman–Crippen MR) is 107 cm³/mol. The molecule has 1 fully saturated rings. The Bertz CT molecular complexity index is 992. The Morgan fingerprint density at radius 1 is 1.33 bits per heavy atom. The molecular weight excluding hydrogens is 395 g/mol. The first-order valence-corrected chi connectivity index (χ1v) is 9.58. The molecule has 2 heterocycles. The molecule has 3 rings (SSSR count). The van der Waals surface area contributed by atoms with Crippen molar-refractivity contribution in [1.29, 1.82) is 5.26 Å². The van der Waals surface area contributed by atoms with Crippen LogP contribution in [-0.2, 0) is 22.3 Å². The molecule has 8 heteroatoms. The van der Waals surface area contributed by atoms with Crippen molar-refractivity contribution in [2.75, 3.05) is 11.9 Å². The van der Waals surface area contributed by atoms with Crippen molar-refractivity contribution in [2.45, 2.75) is 45.5 Å². The van der Waals surface area contributed by atoms with Crippen molar-refractivity contribution in [2.24, 2.45) is 0 Å². The fraction of sp³-hybridized carbons (Fsp3) is 0.364. The van der Waals surface area contributed by atoms with Gasteiger partial charge in [-0.05, 0) is 68.7 Å². The average molecular weight is 417 g/mol. The van der Waals surface area contributed by atoms with Gasteiger partial charge in [-0.25, -0.2) is 0 Å². The average Bonchev–Trinajstić information content (AvgIpc) is 3.29. The van der Waals surface area contributed by atoms with Crippen LogP contribution in [0.15, 0.2) is 35.9 Å². The lowest BCUT2D eigenvalue weighted by Crippen LogP contribution is -2.17. The van der Waals surface area contributed by atoms with Crippen LogP contribution in [0.25, 0.3) is 6.08 Å². The maximum absolute atomic E-state index is 12.7. The Balaban J connectivity index is 1.76. The lowest BCUT2D eigenvalue weighted by atomic mass is 10.1. The molecule has 1 amide bonds. The lowest BCUT2D eigenvalue weighted by Gasteiger charge is -2.14. The van der Waals surface area contributed by atoms with E-state index in [1.165, 1.54) is 6.08 Å². The van der Waals surface area contributed by atoms with Crippen LogP contribution in [0, 0.1) is 25.2 Å². The van der Waals surface area contributed by atoms with Crippen molar-refractivity contribution in [3.63, 3.8) is 0 Å². The molecule has 1 aromatic heterocycles. The molecule has 1 saturated heterocycles. The number of benzene rings is 1. The van der Waals surface area contributed by atoms with E-state index in [1.54, 1.807) is 0 Å². The summed E-state index contributed by atoms with van der Waals surface area (Å²) in [5.74, 6) is -0.679. The molecule has 0 aliphatic carbocycles. The summed E-state index contributed by atoms with van der Waals surface area (Å²) < 4.78 is 45.8. The number of hydrogen-bond acceptors (Lipinski definition) is 3. The first kappa shape index (κ1) is 21.7. The first-order valence-electron chi connectivity index (χ1n) is 9.58. The normalized spacial score (nSPS) is 17.1. The summed E-state index contributed by atoms with van der Waals surface area (Å²) in [6.45, 7) is 5.34. The Morgan fingerprint density at radius 3 is 2.60 bits per heavy atom. The first-order chi connectivity index (χ1) is 14.2. The number of hydrogen-bond donors (Lipinski definition) is 1. The summed E-state index contributed by atoms with van der Waals surface area (Å²) in [6, 6.07) is 7.84. The number of anilines is 1. The topological polar surface area (TPSA) is 67.0 Å². The zero-order chi connectivity index (χ0) is 21.9. The highest BCUT2D eigenvalue weighted by Crippen LogP contribution is 2.30. The van der Waals surface area contributed by atoms with Gasteiger partial charge in [-0.2, -0.15) is 18.4 Å². The summed E-state index contributed by atoms with van der Waals surface area (Å²) >= 11 is 0. The van der Waals surface area contributed by atoms with Gasteiger partial charge in [0.15, 0.2) is 0 Å². The van der Waals surface area contributed by atoms with Gasteiger partial charge in [-0.1, -0.05) is 0 Å². The fourth-order valence-corrected chi connectivity index (χ4v) is 3.49. The molecule has 0 bridgehead atoms. The molecule has 30 heavy (non-hydrogen) atoms. The van der Waals surface area contributed by atoms with Gasteiger partial charge in [0.05, 0.1) is 11.7 Å². The minimum Gasteiger partial charge on any atom is -0.376 e. The maximum Gasteiger partial charge on any atom is 0.416 e. The summed E-state index contributed by atoms with van der Waals surface area (Å²) in [6.07, 6.45) is -0.758. The number of aryl methyl sites for hydroxylation is 1. The monoisotopic (exact) mass is 417 g/mol. The maximum atomic E-state index is 12.7. The van der Waals surface area contributed by atoms with Crippen LogP contribution < -0.4 is 5.32 Å². The van der Waals surface area contributed by atoms with E-state index in [9.17, 15) is 23.2 Å². The molecule has 1 aromatic carbocycles. The molecule has 1 atom stereocenters. The summed E-state index contributed by atoms with van der Waals surface area (Å²) in [5, 5.41) is 11.9. The van der Waals surface area contributed by atoms with E-state index >= 15 is 0 Å². The lowest BCUT2D eigenvalue weighted by molar-refractivity contribution is -0.137. The molecule has 0 radical (unpaired) electrons. The molecule has 0 saturated carbocycles. The van der Waals surface area contributed by atoms with Crippen molar-refractivity contribution in [3.8, 4) is 6.07 Å². The van der Waals surface area contributed by atoms with E-state index in [4.69, 9.17) is 4.74 Å². The van der Waals surface area contributed by atoms with E-state index in [1.807, 2.05) is 26.0 Å². The molecule has 158 valence electrons. The van der Waals surface area contributed by atoms with E-state index in [0.717, 1.165) is 60.7 Å². The molecule has 2 aromatic rings. The van der Waals surface area contributed by atoms with Crippen molar-refractivity contribution in [1.82, 2.24) is 4.57 Å². The van der Waals surface area contributed by atoms with Crippen LogP contribution in [0.5, 0.6) is 0 Å². The van der Waals surface area contributed by atoms with Gasteiger partial charge >= 0.3 is 6.18 Å². The highest BCUT2D eigenvalue weighted by Gasteiger charge is 2.30. The van der Waals surface area contributed by atoms with Gasteiger partial charge in [0.1, 0.15) is 11.6 Å². The third kappa shape index (κ3) is 4.92. The Morgan fingerprint density at radius 2 is 2.03 bits per heavy atom. The van der Waals surface area contributed by atoms with Crippen molar-refractivity contribution in [3.05, 3.63) is 58.4 Å². The van der Waals surface area contributed by atoms with Gasteiger partial charge in [-0.3, -0.25) is 4.79 Å². The summed E-state index contributed by atoms with van der Waals surface area (Å²) in [7, 11) is 0. The number of nitriles is 1. The number of carbonyl (C=O) groups excluding carboxylic acids is 1. The number of aromatic nitrogens is 1. The number of alkyl halides is 3. The third-order valence-corrected chi connectivity index (χ3v) is 5.16. The van der Waals surface area contributed by atoms with E-state index in [-0.39, 0.29) is 17.4 Å². The molecule has 1 aliphatic rings. The summed E-state index contributed by atoms with van der Waals surface area (Å²) in [5.41, 5.74) is 1.89. The zero-order valence-corrected chi connectivity index (χ0v) is 16.7. The third-order valence-electron chi connectivity index (χ3n) is 5.16. The van der Waals surface area contributed by atoms with E-state index in [2.05, 4.69) is 9.88 Å². The van der Waals surface area contributed by atoms with Crippen LogP contribution >= 0.6 is 0 Å². The molecule has 1 N–H and O–H groups in total. The predicted octanol–water partition coefficient (Wildman–Crippen LogP) is 4.85. The van der Waals surface area contributed by atoms with Crippen LogP contribution in [-0.4, -0.2) is 23.2 Å². The molecular formula is C22H22F3N3O2. The Kier molecular flexibility index (Phi) is 6.32. The quantitative estimate of drug-likeness (QED) is 0.559. The SMILES string of the molecule is Cc1cc(/C=C(\C#N)C(=O)Nc2ccc(C(F)(F)F)cc2)c(C)n1C[C@H]1CCCO1. The highest BCUT2D eigenvalue weighted by molar-refractivity contribution is 6.09. The number of halogens is 3. The molecule has 0 unspecified atom stereocenters. The number of amides is 1. The van der Waals surface area contributed by atoms with E-state index in [0.29, 0.717) is 6.54 Å². The summed E-state index contributed by atoms with van der Waals surface area (Å²) in [4.78, 5) is 12.5. The number of nitrogens with zero attached hydrogens (tertiary/aromatic N) is 2. The zero-order valence-electron chi connectivity index (χ0n) is 16.7.